The van der Waals surface area contributed by atoms with Gasteiger partial charge in [0.25, 0.3) is 0 Å². The van der Waals surface area contributed by atoms with Gasteiger partial charge in [0.2, 0.25) is 0 Å². The van der Waals surface area contributed by atoms with Crippen LogP contribution in [0.5, 0.6) is 0 Å². The average molecular weight is 259 g/mol. The molecule has 0 amide bonds. The molecule has 4 nitrogen and oxygen atoms in total. The van der Waals surface area contributed by atoms with E-state index in [-0.39, 0.29) is 5.54 Å². The lowest BCUT2D eigenvalue weighted by Gasteiger charge is -2.43. The van der Waals surface area contributed by atoms with Crippen molar-refractivity contribution >= 4 is 11.6 Å². The fraction of sp³-hybridized carbons (Fsp3) is 0.533. The lowest BCUT2D eigenvalue weighted by atomic mass is 9.79. The molecule has 2 N–H and O–H groups in total. The molecular weight excluding hydrogens is 238 g/mol. The summed E-state index contributed by atoms with van der Waals surface area (Å²) in [5.41, 5.74) is 7.35. The van der Waals surface area contributed by atoms with Crippen molar-refractivity contribution in [2.24, 2.45) is 10.7 Å². The van der Waals surface area contributed by atoms with Crippen LogP contribution in [0.15, 0.2) is 35.3 Å². The first-order valence-corrected chi connectivity index (χ1v) is 6.93. The van der Waals surface area contributed by atoms with Crippen LogP contribution in [0.1, 0.15) is 25.7 Å². The topological polar surface area (TPSA) is 50.9 Å². The normalized spacial score (nSPS) is 30.7. The minimum Gasteiger partial charge on any atom is -0.381 e. The third-order valence-corrected chi connectivity index (χ3v) is 4.45. The van der Waals surface area contributed by atoms with Gasteiger partial charge in [-0.25, -0.2) is 0 Å². The van der Waals surface area contributed by atoms with Crippen LogP contribution in [-0.4, -0.2) is 31.3 Å². The van der Waals surface area contributed by atoms with Gasteiger partial charge >= 0.3 is 0 Å². The number of guanidine groups is 1. The summed E-state index contributed by atoms with van der Waals surface area (Å²) in [7, 11) is 1.80. The molecule has 1 heterocycles. The maximum absolute atomic E-state index is 6.13. The van der Waals surface area contributed by atoms with Crippen molar-refractivity contribution in [1.29, 1.82) is 0 Å². The Kier molecular flexibility index (Phi) is 3.19. The summed E-state index contributed by atoms with van der Waals surface area (Å²) >= 11 is 0. The summed E-state index contributed by atoms with van der Waals surface area (Å²) in [6.45, 7) is 0.810. The summed E-state index contributed by atoms with van der Waals surface area (Å²) in [5.74, 6) is 0.655. The summed E-state index contributed by atoms with van der Waals surface area (Å²) in [6.07, 6.45) is 4.74. The van der Waals surface area contributed by atoms with Gasteiger partial charge in [0.05, 0.1) is 18.2 Å². The van der Waals surface area contributed by atoms with E-state index in [1.807, 2.05) is 6.07 Å². The maximum atomic E-state index is 6.13. The first kappa shape index (κ1) is 12.5. The Bertz CT molecular complexity index is 464. The van der Waals surface area contributed by atoms with E-state index in [2.05, 4.69) is 34.2 Å². The number of hydrogen-bond donors (Lipinski definition) is 1. The van der Waals surface area contributed by atoms with E-state index >= 15 is 0 Å². The second-order valence-electron chi connectivity index (χ2n) is 5.50. The Morgan fingerprint density at radius 2 is 1.95 bits per heavy atom. The number of methoxy groups -OCH3 is 1. The molecule has 1 saturated carbocycles. The van der Waals surface area contributed by atoms with Crippen LogP contribution < -0.4 is 10.6 Å². The van der Waals surface area contributed by atoms with Gasteiger partial charge in [-0.15, -0.1) is 0 Å². The predicted octanol–water partition coefficient (Wildman–Crippen LogP) is 2.15. The zero-order valence-electron chi connectivity index (χ0n) is 11.4. The zero-order valence-corrected chi connectivity index (χ0v) is 11.4. The van der Waals surface area contributed by atoms with Crippen LogP contribution in [0.2, 0.25) is 0 Å². The Balaban J connectivity index is 1.87. The van der Waals surface area contributed by atoms with E-state index in [1.54, 1.807) is 7.11 Å². The standard InChI is InChI=1S/C15H21N3O/c1-19-13-7-9-15(10-8-13)11-17-14(16)18(15)12-5-3-2-4-6-12/h2-6,13H,7-11H2,1H3,(H2,16,17). The Morgan fingerprint density at radius 1 is 1.26 bits per heavy atom. The molecule has 3 rings (SSSR count). The third-order valence-electron chi connectivity index (χ3n) is 4.45. The molecule has 1 aromatic rings. The van der Waals surface area contributed by atoms with Crippen molar-refractivity contribution in [2.45, 2.75) is 37.3 Å². The van der Waals surface area contributed by atoms with Crippen molar-refractivity contribution in [1.82, 2.24) is 0 Å². The van der Waals surface area contributed by atoms with E-state index in [4.69, 9.17) is 10.5 Å². The summed E-state index contributed by atoms with van der Waals surface area (Å²) in [4.78, 5) is 6.74. The molecule has 1 aliphatic carbocycles. The Morgan fingerprint density at radius 3 is 2.58 bits per heavy atom. The molecule has 19 heavy (non-hydrogen) atoms. The minimum absolute atomic E-state index is 0.0699. The highest BCUT2D eigenvalue weighted by molar-refractivity contribution is 5.98. The van der Waals surface area contributed by atoms with Crippen LogP contribution in [-0.2, 0) is 4.74 Å². The highest BCUT2D eigenvalue weighted by atomic mass is 16.5. The van der Waals surface area contributed by atoms with Gasteiger partial charge in [0, 0.05) is 12.8 Å². The largest absolute Gasteiger partial charge is 0.381 e. The van der Waals surface area contributed by atoms with Crippen molar-refractivity contribution in [2.75, 3.05) is 18.6 Å². The SMILES string of the molecule is COC1CCC2(CC1)CN=C(N)N2c1ccccc1. The molecule has 0 saturated heterocycles. The molecule has 1 aromatic carbocycles. The van der Waals surface area contributed by atoms with E-state index in [9.17, 15) is 0 Å². The third kappa shape index (κ3) is 2.10. The van der Waals surface area contributed by atoms with Crippen molar-refractivity contribution < 1.29 is 4.74 Å². The zero-order chi connectivity index (χ0) is 13.3. The van der Waals surface area contributed by atoms with Crippen molar-refractivity contribution in [3.63, 3.8) is 0 Å². The molecule has 0 atom stereocenters. The van der Waals surface area contributed by atoms with Gasteiger partial charge in [0.15, 0.2) is 5.96 Å². The maximum Gasteiger partial charge on any atom is 0.196 e. The van der Waals surface area contributed by atoms with Gasteiger partial charge in [-0.2, -0.15) is 0 Å². The van der Waals surface area contributed by atoms with Crippen LogP contribution in [0.3, 0.4) is 0 Å². The quantitative estimate of drug-likeness (QED) is 0.885. The number of para-hydroxylation sites is 1. The predicted molar refractivity (Wildman–Crippen MR) is 77.4 cm³/mol. The van der Waals surface area contributed by atoms with Gasteiger partial charge in [-0.1, -0.05) is 18.2 Å². The first-order valence-electron chi connectivity index (χ1n) is 6.93. The molecule has 0 radical (unpaired) electrons. The Hall–Kier alpha value is -1.55. The van der Waals surface area contributed by atoms with Crippen molar-refractivity contribution in [3.8, 4) is 0 Å². The molecular formula is C15H21N3O. The highest BCUT2D eigenvalue weighted by Crippen LogP contribution is 2.40. The van der Waals surface area contributed by atoms with Crippen LogP contribution >= 0.6 is 0 Å². The van der Waals surface area contributed by atoms with Crippen molar-refractivity contribution in [3.05, 3.63) is 30.3 Å². The van der Waals surface area contributed by atoms with Crippen LogP contribution in [0.25, 0.3) is 0 Å². The number of nitrogens with zero attached hydrogens (tertiary/aromatic N) is 2. The fourth-order valence-electron chi connectivity index (χ4n) is 3.34. The average Bonchev–Trinajstić information content (AvgIpc) is 2.78. The lowest BCUT2D eigenvalue weighted by Crippen LogP contribution is -2.54. The van der Waals surface area contributed by atoms with Gasteiger partial charge < -0.3 is 15.4 Å². The number of aliphatic imine (C=N–C) groups is 1. The number of nitrogens with two attached hydrogens (primary N) is 1. The van der Waals surface area contributed by atoms with Gasteiger partial charge in [-0.05, 0) is 37.8 Å². The molecule has 102 valence electrons. The fourth-order valence-corrected chi connectivity index (χ4v) is 3.34. The number of ether oxygens (including phenoxy) is 1. The van der Waals surface area contributed by atoms with E-state index in [1.165, 1.54) is 0 Å². The van der Waals surface area contributed by atoms with Gasteiger partial charge in [-0.3, -0.25) is 4.99 Å². The van der Waals surface area contributed by atoms with E-state index < -0.39 is 0 Å². The summed E-state index contributed by atoms with van der Waals surface area (Å²) in [5, 5.41) is 0. The summed E-state index contributed by atoms with van der Waals surface area (Å²) in [6, 6.07) is 10.3. The second kappa shape index (κ2) is 4.85. The second-order valence-corrected chi connectivity index (χ2v) is 5.50. The van der Waals surface area contributed by atoms with Crippen LogP contribution in [0, 0.1) is 0 Å². The van der Waals surface area contributed by atoms with E-state index in [0.29, 0.717) is 12.1 Å². The van der Waals surface area contributed by atoms with E-state index in [0.717, 1.165) is 37.9 Å². The smallest absolute Gasteiger partial charge is 0.196 e. The molecule has 1 aliphatic heterocycles. The number of benzene rings is 1. The number of hydrogen-bond acceptors (Lipinski definition) is 4. The highest BCUT2D eigenvalue weighted by Gasteiger charge is 2.45. The monoisotopic (exact) mass is 259 g/mol. The molecule has 1 fully saturated rings. The molecule has 4 heteroatoms. The molecule has 0 unspecified atom stereocenters. The molecule has 0 aromatic heterocycles. The Labute approximate surface area is 114 Å². The summed E-state index contributed by atoms with van der Waals surface area (Å²) < 4.78 is 5.47. The number of rotatable bonds is 2. The van der Waals surface area contributed by atoms with Gasteiger partial charge in [0.1, 0.15) is 0 Å². The molecule has 1 spiro atoms. The van der Waals surface area contributed by atoms with Crippen LogP contribution in [0.4, 0.5) is 5.69 Å². The first-order chi connectivity index (χ1) is 9.25. The minimum atomic E-state index is 0.0699. The number of anilines is 1. The lowest BCUT2D eigenvalue weighted by molar-refractivity contribution is 0.0532. The molecule has 2 aliphatic rings. The molecule has 0 bridgehead atoms.